The Labute approximate surface area is 88.3 Å². The van der Waals surface area contributed by atoms with Crippen molar-refractivity contribution in [3.8, 4) is 0 Å². The first-order chi connectivity index (χ1) is 6.75. The Morgan fingerprint density at radius 2 is 1.93 bits per heavy atom. The van der Waals surface area contributed by atoms with E-state index in [1.54, 1.807) is 12.1 Å². The Morgan fingerprint density at radius 3 is 2.36 bits per heavy atom. The quantitative estimate of drug-likeness (QED) is 0.776. The van der Waals surface area contributed by atoms with E-state index in [1.165, 1.54) is 19.3 Å². The van der Waals surface area contributed by atoms with Crippen molar-refractivity contribution in [1.82, 2.24) is 0 Å². The van der Waals surface area contributed by atoms with Crippen LogP contribution in [0.15, 0.2) is 24.3 Å². The molecule has 0 amide bonds. The lowest BCUT2D eigenvalue weighted by atomic mass is 9.93. The fourth-order valence-corrected chi connectivity index (χ4v) is 1.61. The van der Waals surface area contributed by atoms with Gasteiger partial charge in [0.1, 0.15) is 0 Å². The molecule has 1 aromatic rings. The Bertz CT molecular complexity index is 330. The number of hydrogen-bond donors (Lipinski definition) is 1. The van der Waals surface area contributed by atoms with Crippen LogP contribution in [0.3, 0.4) is 0 Å². The van der Waals surface area contributed by atoms with Crippen molar-refractivity contribution in [2.24, 2.45) is 0 Å². The normalized spacial score (nSPS) is 16.1. The van der Waals surface area contributed by atoms with E-state index in [9.17, 15) is 4.79 Å². The van der Waals surface area contributed by atoms with E-state index in [-0.39, 0.29) is 0 Å². The summed E-state index contributed by atoms with van der Waals surface area (Å²) in [6, 6.07) is 7.90. The molecule has 1 saturated carbocycles. The molecule has 0 atom stereocenters. The fraction of sp³-hybridized carbons (Fsp3) is 0.364. The van der Waals surface area contributed by atoms with Gasteiger partial charge < -0.3 is 5.32 Å². The number of anilines is 1. The third kappa shape index (κ3) is 2.07. The third-order valence-corrected chi connectivity index (χ3v) is 2.81. The summed E-state index contributed by atoms with van der Waals surface area (Å²) < 4.78 is 0. The molecule has 74 valence electrons. The summed E-state index contributed by atoms with van der Waals surface area (Å²) in [7, 11) is 0. The molecule has 0 bridgehead atoms. The predicted molar refractivity (Wildman–Crippen MR) is 57.9 cm³/mol. The van der Waals surface area contributed by atoms with Gasteiger partial charge in [0, 0.05) is 17.3 Å². The molecule has 14 heavy (non-hydrogen) atoms. The van der Waals surface area contributed by atoms with Gasteiger partial charge in [-0.25, -0.2) is 0 Å². The summed E-state index contributed by atoms with van der Waals surface area (Å²) in [5, 5.41) is 2.99. The molecule has 0 unspecified atom stereocenters. The minimum absolute atomic E-state index is 0.403. The molecule has 1 aliphatic carbocycles. The minimum atomic E-state index is -0.403. The molecule has 3 heteroatoms. The minimum Gasteiger partial charge on any atom is -0.382 e. The zero-order valence-corrected chi connectivity index (χ0v) is 8.55. The van der Waals surface area contributed by atoms with Crippen LogP contribution in [0.1, 0.15) is 29.6 Å². The first-order valence-electron chi connectivity index (χ1n) is 4.82. The zero-order chi connectivity index (χ0) is 9.97. The Hall–Kier alpha value is -1.02. The van der Waals surface area contributed by atoms with Gasteiger partial charge in [0.05, 0.1) is 0 Å². The van der Waals surface area contributed by atoms with Crippen molar-refractivity contribution in [2.45, 2.75) is 25.3 Å². The van der Waals surface area contributed by atoms with Gasteiger partial charge in [-0.1, -0.05) is 0 Å². The molecule has 0 heterocycles. The molecule has 0 aliphatic heterocycles. The molecular weight excluding hydrogens is 198 g/mol. The van der Waals surface area contributed by atoms with Crippen LogP contribution in [0.5, 0.6) is 0 Å². The van der Waals surface area contributed by atoms with Gasteiger partial charge in [-0.2, -0.15) is 0 Å². The first kappa shape index (κ1) is 9.53. The van der Waals surface area contributed by atoms with Gasteiger partial charge in [-0.3, -0.25) is 4.79 Å². The van der Waals surface area contributed by atoms with Crippen molar-refractivity contribution < 1.29 is 4.79 Å². The highest BCUT2D eigenvalue weighted by Gasteiger charge is 2.16. The maximum Gasteiger partial charge on any atom is 0.252 e. The van der Waals surface area contributed by atoms with Crippen LogP contribution < -0.4 is 5.32 Å². The summed E-state index contributed by atoms with van der Waals surface area (Å²) in [5.74, 6) is 0. The predicted octanol–water partition coefficient (Wildman–Crippen LogP) is 3.03. The van der Waals surface area contributed by atoms with Crippen molar-refractivity contribution in [3.63, 3.8) is 0 Å². The van der Waals surface area contributed by atoms with Gasteiger partial charge in [-0.15, -0.1) is 0 Å². The number of rotatable bonds is 3. The van der Waals surface area contributed by atoms with E-state index < -0.39 is 5.24 Å². The molecule has 1 N–H and O–H groups in total. The van der Waals surface area contributed by atoms with E-state index in [0.29, 0.717) is 11.6 Å². The molecule has 0 spiro atoms. The number of nitrogens with one attached hydrogen (secondary N) is 1. The zero-order valence-electron chi connectivity index (χ0n) is 7.79. The summed E-state index contributed by atoms with van der Waals surface area (Å²) in [6.45, 7) is 0. The SMILES string of the molecule is O=C(Cl)c1ccc(NC2CCC2)cc1. The summed E-state index contributed by atoms with van der Waals surface area (Å²) in [6.07, 6.45) is 3.81. The Balaban J connectivity index is 2.01. The Kier molecular flexibility index (Phi) is 2.73. The maximum atomic E-state index is 10.8. The molecule has 1 aromatic carbocycles. The standard InChI is InChI=1S/C11H12ClNO/c12-11(14)8-4-6-10(7-5-8)13-9-2-1-3-9/h4-7,9,13H,1-3H2. The second-order valence-electron chi connectivity index (χ2n) is 3.62. The molecule has 0 aromatic heterocycles. The van der Waals surface area contributed by atoms with Gasteiger partial charge >= 0.3 is 0 Å². The van der Waals surface area contributed by atoms with Gasteiger partial charge in [0.2, 0.25) is 0 Å². The Morgan fingerprint density at radius 1 is 1.29 bits per heavy atom. The number of halogens is 1. The average molecular weight is 210 g/mol. The second-order valence-corrected chi connectivity index (χ2v) is 3.97. The van der Waals surface area contributed by atoms with Crippen LogP contribution in [0.4, 0.5) is 5.69 Å². The van der Waals surface area contributed by atoms with E-state index in [1.807, 2.05) is 12.1 Å². The topological polar surface area (TPSA) is 29.1 Å². The highest BCUT2D eigenvalue weighted by Crippen LogP contribution is 2.23. The second kappa shape index (κ2) is 4.01. The lowest BCUT2D eigenvalue weighted by Crippen LogP contribution is -2.26. The molecular formula is C11H12ClNO. The molecule has 0 saturated heterocycles. The summed E-state index contributed by atoms with van der Waals surface area (Å²) in [5.41, 5.74) is 1.61. The van der Waals surface area contributed by atoms with E-state index in [4.69, 9.17) is 11.6 Å². The maximum absolute atomic E-state index is 10.8. The van der Waals surface area contributed by atoms with Crippen molar-refractivity contribution >= 4 is 22.5 Å². The molecule has 2 nitrogen and oxygen atoms in total. The van der Waals surface area contributed by atoms with E-state index in [2.05, 4.69) is 5.32 Å². The first-order valence-corrected chi connectivity index (χ1v) is 5.20. The van der Waals surface area contributed by atoms with Crippen LogP contribution in [0, 0.1) is 0 Å². The molecule has 1 aliphatic rings. The van der Waals surface area contributed by atoms with E-state index >= 15 is 0 Å². The van der Waals surface area contributed by atoms with E-state index in [0.717, 1.165) is 5.69 Å². The largest absolute Gasteiger partial charge is 0.382 e. The smallest absolute Gasteiger partial charge is 0.252 e. The number of hydrogen-bond acceptors (Lipinski definition) is 2. The number of benzene rings is 1. The van der Waals surface area contributed by atoms with Crippen LogP contribution >= 0.6 is 11.6 Å². The third-order valence-electron chi connectivity index (χ3n) is 2.59. The molecule has 0 radical (unpaired) electrons. The van der Waals surface area contributed by atoms with Crippen LogP contribution in [0.2, 0.25) is 0 Å². The lowest BCUT2D eigenvalue weighted by Gasteiger charge is -2.27. The van der Waals surface area contributed by atoms with Crippen LogP contribution in [-0.4, -0.2) is 11.3 Å². The fourth-order valence-electron chi connectivity index (χ4n) is 1.49. The van der Waals surface area contributed by atoms with Crippen LogP contribution in [-0.2, 0) is 0 Å². The molecule has 1 fully saturated rings. The highest BCUT2D eigenvalue weighted by molar-refractivity contribution is 6.67. The van der Waals surface area contributed by atoms with Crippen LogP contribution in [0.25, 0.3) is 0 Å². The summed E-state index contributed by atoms with van der Waals surface area (Å²) in [4.78, 5) is 10.8. The van der Waals surface area contributed by atoms with Gasteiger partial charge in [0.15, 0.2) is 0 Å². The van der Waals surface area contributed by atoms with Crippen molar-refractivity contribution in [1.29, 1.82) is 0 Å². The average Bonchev–Trinajstić information content (AvgIpc) is 2.12. The van der Waals surface area contributed by atoms with Crippen molar-refractivity contribution in [2.75, 3.05) is 5.32 Å². The monoisotopic (exact) mass is 209 g/mol. The highest BCUT2D eigenvalue weighted by atomic mass is 35.5. The van der Waals surface area contributed by atoms with Gasteiger partial charge in [-0.05, 0) is 55.1 Å². The summed E-state index contributed by atoms with van der Waals surface area (Å²) >= 11 is 5.34. The number of carbonyl (C=O) groups excluding carboxylic acids is 1. The molecule has 2 rings (SSSR count). The lowest BCUT2D eigenvalue weighted by molar-refractivity contribution is 0.108. The van der Waals surface area contributed by atoms with Gasteiger partial charge in [0.25, 0.3) is 5.24 Å². The van der Waals surface area contributed by atoms with Crippen molar-refractivity contribution in [3.05, 3.63) is 29.8 Å². The number of carbonyl (C=O) groups is 1.